The number of benzene rings is 1. The third-order valence-corrected chi connectivity index (χ3v) is 4.82. The Morgan fingerprint density at radius 2 is 2.07 bits per heavy atom. The van der Waals surface area contributed by atoms with Crippen LogP contribution in [0.3, 0.4) is 0 Å². The van der Waals surface area contributed by atoms with Crippen LogP contribution >= 0.6 is 0 Å². The number of aromatic nitrogens is 3. The Hall–Kier alpha value is -3.36. The molecule has 4 rings (SSSR count). The number of hydrogen-bond acceptors (Lipinski definition) is 4. The van der Waals surface area contributed by atoms with Crippen LogP contribution in [0.15, 0.2) is 48.8 Å². The molecular weight excluding hydrogens is 385 g/mol. The first kappa shape index (κ1) is 19.0. The van der Waals surface area contributed by atoms with Gasteiger partial charge in [-0.05, 0) is 37.1 Å². The third kappa shape index (κ3) is 3.67. The number of aryl methyl sites for hydroxylation is 1. The van der Waals surface area contributed by atoms with E-state index in [9.17, 15) is 18.0 Å². The molecule has 0 bridgehead atoms. The fourth-order valence-corrected chi connectivity index (χ4v) is 3.41. The van der Waals surface area contributed by atoms with Crippen molar-refractivity contribution in [3.63, 3.8) is 0 Å². The fourth-order valence-electron chi connectivity index (χ4n) is 3.41. The van der Waals surface area contributed by atoms with Gasteiger partial charge in [-0.15, -0.1) is 0 Å². The molecule has 3 aromatic rings. The molecule has 0 fully saturated rings. The standard InChI is InChI=1S/C20H17F3N4O2/c1-29-17-5-3-2-4-13(17)19(28)25-15-6-7-16-14(15)11-27(26-16)12-8-9-24-18(10-12)20(21,22)23/h2-5,8-11,15H,6-7H2,1H3,(H,25,28)/t15-/m0/s1. The highest BCUT2D eigenvalue weighted by Crippen LogP contribution is 2.33. The average Bonchev–Trinajstić information content (AvgIpc) is 3.29. The molecule has 1 aliphatic carbocycles. The van der Waals surface area contributed by atoms with Gasteiger partial charge in [0.05, 0.1) is 30.1 Å². The first-order chi connectivity index (χ1) is 13.9. The van der Waals surface area contributed by atoms with Crippen LogP contribution in [-0.4, -0.2) is 27.8 Å². The molecule has 0 radical (unpaired) electrons. The summed E-state index contributed by atoms with van der Waals surface area (Å²) in [6, 6.07) is 9.02. The van der Waals surface area contributed by atoms with E-state index in [1.807, 2.05) is 0 Å². The normalized spacial score (nSPS) is 15.8. The monoisotopic (exact) mass is 402 g/mol. The summed E-state index contributed by atoms with van der Waals surface area (Å²) in [6.07, 6.45) is -0.478. The van der Waals surface area contributed by atoms with Crippen LogP contribution in [0.1, 0.15) is 39.8 Å². The van der Waals surface area contributed by atoms with E-state index in [0.29, 0.717) is 24.2 Å². The van der Waals surface area contributed by atoms with Gasteiger partial charge < -0.3 is 10.1 Å². The molecule has 2 heterocycles. The van der Waals surface area contributed by atoms with Crippen molar-refractivity contribution in [3.8, 4) is 11.4 Å². The van der Waals surface area contributed by atoms with Crippen LogP contribution in [0, 0.1) is 0 Å². The van der Waals surface area contributed by atoms with Gasteiger partial charge in [0.2, 0.25) is 0 Å². The van der Waals surface area contributed by atoms with Gasteiger partial charge in [-0.3, -0.25) is 9.78 Å². The molecule has 1 aliphatic rings. The zero-order chi connectivity index (χ0) is 20.6. The molecule has 6 nitrogen and oxygen atoms in total. The lowest BCUT2D eigenvalue weighted by Gasteiger charge is -2.14. The molecule has 1 atom stereocenters. The van der Waals surface area contributed by atoms with Crippen molar-refractivity contribution in [2.45, 2.75) is 25.1 Å². The van der Waals surface area contributed by atoms with E-state index in [-0.39, 0.29) is 17.6 Å². The lowest BCUT2D eigenvalue weighted by Crippen LogP contribution is -2.27. The maximum atomic E-state index is 12.9. The summed E-state index contributed by atoms with van der Waals surface area (Å²) in [6.45, 7) is 0. The van der Waals surface area contributed by atoms with Crippen LogP contribution in [-0.2, 0) is 12.6 Å². The number of para-hydroxylation sites is 1. The predicted molar refractivity (Wildman–Crippen MR) is 97.9 cm³/mol. The van der Waals surface area contributed by atoms with Crippen LogP contribution in [0.5, 0.6) is 5.75 Å². The van der Waals surface area contributed by atoms with Gasteiger partial charge in [-0.25, -0.2) is 4.68 Å². The summed E-state index contributed by atoms with van der Waals surface area (Å²) in [5.41, 5.74) is 1.24. The van der Waals surface area contributed by atoms with Gasteiger partial charge in [-0.1, -0.05) is 12.1 Å². The van der Waals surface area contributed by atoms with E-state index in [2.05, 4.69) is 15.4 Å². The molecular formula is C20H17F3N4O2. The highest BCUT2D eigenvalue weighted by atomic mass is 19.4. The highest BCUT2D eigenvalue weighted by molar-refractivity contribution is 5.97. The topological polar surface area (TPSA) is 69.0 Å². The lowest BCUT2D eigenvalue weighted by molar-refractivity contribution is -0.141. The van der Waals surface area contributed by atoms with E-state index in [0.717, 1.165) is 23.5 Å². The van der Waals surface area contributed by atoms with Crippen molar-refractivity contribution in [2.24, 2.45) is 0 Å². The molecule has 0 saturated carbocycles. The smallest absolute Gasteiger partial charge is 0.433 e. The summed E-state index contributed by atoms with van der Waals surface area (Å²) >= 11 is 0. The summed E-state index contributed by atoms with van der Waals surface area (Å²) in [5, 5.41) is 7.36. The van der Waals surface area contributed by atoms with Crippen molar-refractivity contribution in [2.75, 3.05) is 7.11 Å². The Morgan fingerprint density at radius 1 is 1.28 bits per heavy atom. The number of fused-ring (bicyclic) bond motifs is 1. The quantitative estimate of drug-likeness (QED) is 0.722. The van der Waals surface area contributed by atoms with Gasteiger partial charge in [0.25, 0.3) is 5.91 Å². The average molecular weight is 402 g/mol. The number of nitrogens with zero attached hydrogens (tertiary/aromatic N) is 3. The molecule has 150 valence electrons. The summed E-state index contributed by atoms with van der Waals surface area (Å²) in [4.78, 5) is 16.0. The molecule has 9 heteroatoms. The van der Waals surface area contributed by atoms with Crippen LogP contribution < -0.4 is 10.1 Å². The largest absolute Gasteiger partial charge is 0.496 e. The second kappa shape index (κ2) is 7.23. The van der Waals surface area contributed by atoms with Crippen molar-refractivity contribution in [1.82, 2.24) is 20.1 Å². The van der Waals surface area contributed by atoms with Gasteiger partial charge in [-0.2, -0.15) is 18.3 Å². The minimum Gasteiger partial charge on any atom is -0.496 e. The molecule has 0 aliphatic heterocycles. The second-order valence-electron chi connectivity index (χ2n) is 6.64. The van der Waals surface area contributed by atoms with E-state index < -0.39 is 11.9 Å². The first-order valence-corrected chi connectivity index (χ1v) is 8.93. The number of amides is 1. The Labute approximate surface area is 164 Å². The van der Waals surface area contributed by atoms with E-state index in [1.54, 1.807) is 30.5 Å². The molecule has 0 spiro atoms. The van der Waals surface area contributed by atoms with Gasteiger partial charge >= 0.3 is 6.18 Å². The summed E-state index contributed by atoms with van der Waals surface area (Å²) in [5.74, 6) is 0.187. The number of halogens is 3. The third-order valence-electron chi connectivity index (χ3n) is 4.82. The number of carbonyl (C=O) groups is 1. The minimum absolute atomic E-state index is 0.261. The fraction of sp³-hybridized carbons (Fsp3) is 0.250. The van der Waals surface area contributed by atoms with Crippen LogP contribution in [0.2, 0.25) is 0 Å². The molecule has 29 heavy (non-hydrogen) atoms. The summed E-state index contributed by atoms with van der Waals surface area (Å²) in [7, 11) is 1.49. The lowest BCUT2D eigenvalue weighted by atomic mass is 10.1. The van der Waals surface area contributed by atoms with Crippen molar-refractivity contribution in [3.05, 3.63) is 71.3 Å². The SMILES string of the molecule is COc1ccccc1C(=O)N[C@H]1CCc2nn(-c3ccnc(C(F)(F)F)c3)cc21. The molecule has 1 amide bonds. The van der Waals surface area contributed by atoms with Crippen molar-refractivity contribution < 1.29 is 22.7 Å². The second-order valence-corrected chi connectivity index (χ2v) is 6.64. The zero-order valence-corrected chi connectivity index (χ0v) is 15.4. The number of pyridine rings is 1. The Kier molecular flexibility index (Phi) is 4.73. The number of nitrogens with one attached hydrogen (secondary N) is 1. The van der Waals surface area contributed by atoms with E-state index >= 15 is 0 Å². The zero-order valence-electron chi connectivity index (χ0n) is 15.4. The molecule has 0 saturated heterocycles. The Bertz CT molecular complexity index is 1060. The van der Waals surface area contributed by atoms with Crippen LogP contribution in [0.4, 0.5) is 13.2 Å². The first-order valence-electron chi connectivity index (χ1n) is 8.93. The van der Waals surface area contributed by atoms with Crippen LogP contribution in [0.25, 0.3) is 5.69 Å². The number of hydrogen-bond donors (Lipinski definition) is 1. The minimum atomic E-state index is -4.53. The number of carbonyl (C=O) groups excluding carboxylic acids is 1. The number of ether oxygens (including phenoxy) is 1. The molecule has 1 N–H and O–H groups in total. The van der Waals surface area contributed by atoms with Gasteiger partial charge in [0.15, 0.2) is 0 Å². The number of methoxy groups -OCH3 is 1. The van der Waals surface area contributed by atoms with Crippen molar-refractivity contribution in [1.29, 1.82) is 0 Å². The highest BCUT2D eigenvalue weighted by Gasteiger charge is 2.33. The van der Waals surface area contributed by atoms with Crippen molar-refractivity contribution >= 4 is 5.91 Å². The molecule has 1 aromatic carbocycles. The number of alkyl halides is 3. The predicted octanol–water partition coefficient (Wildman–Crippen LogP) is 3.71. The van der Waals surface area contributed by atoms with E-state index in [1.165, 1.54) is 17.9 Å². The number of rotatable bonds is 4. The molecule has 0 unspecified atom stereocenters. The van der Waals surface area contributed by atoms with Gasteiger partial charge in [0.1, 0.15) is 11.4 Å². The summed E-state index contributed by atoms with van der Waals surface area (Å²) < 4.78 is 45.4. The Balaban J connectivity index is 1.58. The maximum absolute atomic E-state index is 12.9. The van der Waals surface area contributed by atoms with Gasteiger partial charge in [0, 0.05) is 18.0 Å². The maximum Gasteiger partial charge on any atom is 0.433 e. The molecule has 2 aromatic heterocycles. The Morgan fingerprint density at radius 3 is 2.83 bits per heavy atom. The van der Waals surface area contributed by atoms with E-state index in [4.69, 9.17) is 4.74 Å².